The van der Waals surface area contributed by atoms with Crippen LogP contribution in [-0.4, -0.2) is 41.4 Å². The summed E-state index contributed by atoms with van der Waals surface area (Å²) in [6.07, 6.45) is 3.60. The molecule has 3 aromatic rings. The van der Waals surface area contributed by atoms with Crippen LogP contribution >= 0.6 is 11.3 Å². The highest BCUT2D eigenvalue weighted by molar-refractivity contribution is 7.20. The molecule has 0 saturated heterocycles. The van der Waals surface area contributed by atoms with Crippen LogP contribution in [-0.2, 0) is 6.42 Å². The van der Waals surface area contributed by atoms with Gasteiger partial charge in [-0.3, -0.25) is 4.79 Å². The normalized spacial score (nSPS) is 10.8. The lowest BCUT2D eigenvalue weighted by Crippen LogP contribution is -2.21. The minimum atomic E-state index is 0.00975. The number of aryl methyl sites for hydroxylation is 2. The van der Waals surface area contributed by atoms with Crippen molar-refractivity contribution in [1.29, 1.82) is 0 Å². The number of nitrogens with zero attached hydrogens (tertiary/aromatic N) is 3. The number of nitrogens with one attached hydrogen (secondary N) is 1. The van der Waals surface area contributed by atoms with Crippen LogP contribution in [0.4, 0.5) is 5.82 Å². The fourth-order valence-corrected chi connectivity index (χ4v) is 3.93. The van der Waals surface area contributed by atoms with E-state index in [4.69, 9.17) is 0 Å². The van der Waals surface area contributed by atoms with Crippen molar-refractivity contribution < 1.29 is 4.79 Å². The number of carbonyl (C=O) groups is 1. The standard InChI is InChI=1S/C19H22N4OS/c1-13-15-17(20-11-7-10-14-8-5-4-6-9-14)21-12-22-18(15)25-16(13)19(24)23(2)3/h4-6,8-9,12H,7,10-11H2,1-3H3,(H,20,21,22). The number of amides is 1. The summed E-state index contributed by atoms with van der Waals surface area (Å²) in [6, 6.07) is 10.4. The molecule has 0 radical (unpaired) electrons. The van der Waals surface area contributed by atoms with E-state index < -0.39 is 0 Å². The Morgan fingerprint density at radius 2 is 1.96 bits per heavy atom. The summed E-state index contributed by atoms with van der Waals surface area (Å²) in [5, 5.41) is 4.37. The smallest absolute Gasteiger partial charge is 0.263 e. The molecule has 3 rings (SSSR count). The lowest BCUT2D eigenvalue weighted by Gasteiger charge is -2.09. The molecular formula is C19H22N4OS. The Hall–Kier alpha value is -2.47. The van der Waals surface area contributed by atoms with Gasteiger partial charge in [-0.15, -0.1) is 11.3 Å². The third kappa shape index (κ3) is 3.79. The number of carbonyl (C=O) groups excluding carboxylic acids is 1. The first-order valence-corrected chi connectivity index (χ1v) is 9.13. The molecular weight excluding hydrogens is 332 g/mol. The number of benzene rings is 1. The minimum absolute atomic E-state index is 0.00975. The van der Waals surface area contributed by atoms with Crippen molar-refractivity contribution >= 4 is 33.3 Å². The molecule has 0 fully saturated rings. The molecule has 0 spiro atoms. The monoisotopic (exact) mass is 354 g/mol. The van der Waals surface area contributed by atoms with Crippen molar-refractivity contribution in [3.05, 3.63) is 52.7 Å². The van der Waals surface area contributed by atoms with Crippen LogP contribution in [0, 0.1) is 6.92 Å². The number of hydrogen-bond acceptors (Lipinski definition) is 5. The summed E-state index contributed by atoms with van der Waals surface area (Å²) >= 11 is 1.43. The lowest BCUT2D eigenvalue weighted by molar-refractivity contribution is 0.0831. The van der Waals surface area contributed by atoms with Crippen LogP contribution in [0.1, 0.15) is 27.2 Å². The second kappa shape index (κ2) is 7.61. The van der Waals surface area contributed by atoms with Crippen molar-refractivity contribution in [2.45, 2.75) is 19.8 Å². The van der Waals surface area contributed by atoms with Gasteiger partial charge in [-0.25, -0.2) is 9.97 Å². The van der Waals surface area contributed by atoms with Gasteiger partial charge in [-0.1, -0.05) is 30.3 Å². The van der Waals surface area contributed by atoms with E-state index in [1.165, 1.54) is 16.9 Å². The molecule has 2 aromatic heterocycles. The van der Waals surface area contributed by atoms with E-state index in [9.17, 15) is 4.79 Å². The first-order chi connectivity index (χ1) is 12.1. The second-order valence-electron chi connectivity index (χ2n) is 6.17. The zero-order chi connectivity index (χ0) is 17.8. The van der Waals surface area contributed by atoms with Gasteiger partial charge in [0.15, 0.2) is 0 Å². The van der Waals surface area contributed by atoms with E-state index in [1.54, 1.807) is 25.3 Å². The maximum Gasteiger partial charge on any atom is 0.263 e. The van der Waals surface area contributed by atoms with Gasteiger partial charge in [0.1, 0.15) is 17.0 Å². The van der Waals surface area contributed by atoms with Crippen LogP contribution in [0.5, 0.6) is 0 Å². The summed E-state index contributed by atoms with van der Waals surface area (Å²) in [7, 11) is 3.53. The molecule has 5 nitrogen and oxygen atoms in total. The molecule has 0 aliphatic rings. The van der Waals surface area contributed by atoms with Gasteiger partial charge in [-0.2, -0.15) is 0 Å². The number of hydrogen-bond donors (Lipinski definition) is 1. The molecule has 1 aromatic carbocycles. The van der Waals surface area contributed by atoms with Gasteiger partial charge in [0.2, 0.25) is 0 Å². The Bertz CT molecular complexity index is 874. The van der Waals surface area contributed by atoms with E-state index >= 15 is 0 Å². The zero-order valence-corrected chi connectivity index (χ0v) is 15.6. The summed E-state index contributed by atoms with van der Waals surface area (Å²) in [6.45, 7) is 2.79. The number of fused-ring (bicyclic) bond motifs is 1. The van der Waals surface area contributed by atoms with Crippen molar-refractivity contribution in [3.8, 4) is 0 Å². The zero-order valence-electron chi connectivity index (χ0n) is 14.7. The molecule has 0 bridgehead atoms. The molecule has 25 heavy (non-hydrogen) atoms. The van der Waals surface area contributed by atoms with Gasteiger partial charge < -0.3 is 10.2 Å². The highest BCUT2D eigenvalue weighted by Gasteiger charge is 2.20. The third-order valence-electron chi connectivity index (χ3n) is 4.10. The molecule has 0 atom stereocenters. The van der Waals surface area contributed by atoms with Crippen molar-refractivity contribution in [2.24, 2.45) is 0 Å². The Morgan fingerprint density at radius 3 is 2.68 bits per heavy atom. The van der Waals surface area contributed by atoms with Gasteiger partial charge in [-0.05, 0) is 30.9 Å². The number of anilines is 1. The maximum atomic E-state index is 12.3. The van der Waals surface area contributed by atoms with Crippen molar-refractivity contribution in [1.82, 2.24) is 14.9 Å². The molecule has 0 aliphatic carbocycles. The van der Waals surface area contributed by atoms with Crippen molar-refractivity contribution in [2.75, 3.05) is 26.0 Å². The van der Waals surface area contributed by atoms with Gasteiger partial charge in [0.25, 0.3) is 5.91 Å². The SMILES string of the molecule is Cc1c(C(=O)N(C)C)sc2ncnc(NCCCc3ccccc3)c12. The molecule has 1 amide bonds. The number of aromatic nitrogens is 2. The predicted octanol–water partition coefficient (Wildman–Crippen LogP) is 3.75. The average Bonchev–Trinajstić information content (AvgIpc) is 2.96. The van der Waals surface area contributed by atoms with Crippen molar-refractivity contribution in [3.63, 3.8) is 0 Å². The fraction of sp³-hybridized carbons (Fsp3) is 0.316. The van der Waals surface area contributed by atoms with E-state index in [2.05, 4.69) is 39.6 Å². The fourth-order valence-electron chi connectivity index (χ4n) is 2.76. The molecule has 1 N–H and O–H groups in total. The van der Waals surface area contributed by atoms with E-state index in [1.807, 2.05) is 13.0 Å². The topological polar surface area (TPSA) is 58.1 Å². The van der Waals surface area contributed by atoms with E-state index in [-0.39, 0.29) is 5.91 Å². The highest BCUT2D eigenvalue weighted by Crippen LogP contribution is 2.33. The van der Waals surface area contributed by atoms with E-state index in [0.29, 0.717) is 0 Å². The van der Waals surface area contributed by atoms with Crippen LogP contribution in [0.2, 0.25) is 0 Å². The molecule has 130 valence electrons. The molecule has 0 aliphatic heterocycles. The van der Waals surface area contributed by atoms with E-state index in [0.717, 1.165) is 45.9 Å². The highest BCUT2D eigenvalue weighted by atomic mass is 32.1. The summed E-state index contributed by atoms with van der Waals surface area (Å²) in [5.74, 6) is 0.820. The quantitative estimate of drug-likeness (QED) is 0.685. The third-order valence-corrected chi connectivity index (χ3v) is 5.29. The first-order valence-electron chi connectivity index (χ1n) is 8.31. The molecule has 6 heteroatoms. The first kappa shape index (κ1) is 17.4. The van der Waals surface area contributed by atoms with Crippen LogP contribution < -0.4 is 5.32 Å². The lowest BCUT2D eigenvalue weighted by atomic mass is 10.1. The van der Waals surface area contributed by atoms with Gasteiger partial charge in [0.05, 0.1) is 10.3 Å². The largest absolute Gasteiger partial charge is 0.369 e. The molecule has 0 unspecified atom stereocenters. The number of rotatable bonds is 6. The number of thiophene rings is 1. The van der Waals surface area contributed by atoms with Crippen LogP contribution in [0.15, 0.2) is 36.7 Å². The predicted molar refractivity (Wildman–Crippen MR) is 103 cm³/mol. The molecule has 2 heterocycles. The Balaban J connectivity index is 1.74. The van der Waals surface area contributed by atoms with Gasteiger partial charge >= 0.3 is 0 Å². The summed E-state index contributed by atoms with van der Waals surface area (Å²) in [4.78, 5) is 24.2. The second-order valence-corrected chi connectivity index (χ2v) is 7.17. The van der Waals surface area contributed by atoms with Gasteiger partial charge in [0, 0.05) is 20.6 Å². The average molecular weight is 354 g/mol. The Kier molecular flexibility index (Phi) is 5.28. The van der Waals surface area contributed by atoms with Crippen LogP contribution in [0.25, 0.3) is 10.2 Å². The summed E-state index contributed by atoms with van der Waals surface area (Å²) < 4.78 is 0. The summed E-state index contributed by atoms with van der Waals surface area (Å²) in [5.41, 5.74) is 2.28. The maximum absolute atomic E-state index is 12.3. The van der Waals surface area contributed by atoms with Crippen LogP contribution in [0.3, 0.4) is 0 Å². The molecule has 0 saturated carbocycles. The minimum Gasteiger partial charge on any atom is -0.369 e. The Morgan fingerprint density at radius 1 is 1.20 bits per heavy atom. The Labute approximate surface area is 151 Å².